The third kappa shape index (κ3) is 17.8. The van der Waals surface area contributed by atoms with Crippen LogP contribution in [0.1, 0.15) is 41.5 Å². The van der Waals surface area contributed by atoms with Gasteiger partial charge in [-0.15, -0.1) is 0 Å². The first kappa shape index (κ1) is 17.1. The fourth-order valence-electron chi connectivity index (χ4n) is 0.197. The van der Waals surface area contributed by atoms with Crippen molar-refractivity contribution >= 4 is 0 Å². The maximum Gasteiger partial charge on any atom is 0.0799 e. The largest absolute Gasteiger partial charge is 0.391 e. The summed E-state index contributed by atoms with van der Waals surface area (Å²) in [7, 11) is 1.58. The topological polar surface area (TPSA) is 29.5 Å². The van der Waals surface area contributed by atoms with Gasteiger partial charge in [0, 0.05) is 7.11 Å². The van der Waals surface area contributed by atoms with Crippen molar-refractivity contribution in [3.05, 3.63) is 0 Å². The molecular weight excluding hydrogens is 140 g/mol. The molecule has 2 heteroatoms. The molecule has 0 aromatic rings. The molecule has 2 atom stereocenters. The van der Waals surface area contributed by atoms with E-state index in [1.807, 2.05) is 34.6 Å². The highest BCUT2D eigenvalue weighted by Gasteiger charge is 2.03. The summed E-state index contributed by atoms with van der Waals surface area (Å²) in [6, 6.07) is 0. The molecule has 0 amide bonds. The van der Waals surface area contributed by atoms with Crippen LogP contribution in [-0.2, 0) is 4.74 Å². The lowest BCUT2D eigenvalue weighted by Crippen LogP contribution is -2.20. The molecule has 0 rings (SSSR count). The fraction of sp³-hybridized carbons (Fsp3) is 1.00. The molecule has 72 valence electrons. The minimum atomic E-state index is -0.356. The first-order valence-corrected chi connectivity index (χ1v) is 4.39. The van der Waals surface area contributed by atoms with E-state index >= 15 is 0 Å². The standard InChI is InChI=1S/C5H12O2.2C2H6/c1-4(6)5(2)7-3;2*1-2/h4-6H,1-3H3;2*1-2H3. The van der Waals surface area contributed by atoms with Crippen LogP contribution in [0.3, 0.4) is 0 Å². The number of rotatable bonds is 2. The number of ether oxygens (including phenoxy) is 1. The Morgan fingerprint density at radius 3 is 1.27 bits per heavy atom. The summed E-state index contributed by atoms with van der Waals surface area (Å²) in [4.78, 5) is 0. The van der Waals surface area contributed by atoms with Crippen molar-refractivity contribution in [2.45, 2.75) is 53.8 Å². The lowest BCUT2D eigenvalue weighted by Gasteiger charge is -2.10. The number of aliphatic hydroxyl groups excluding tert-OH is 1. The predicted octanol–water partition coefficient (Wildman–Crippen LogP) is 2.45. The van der Waals surface area contributed by atoms with Crippen LogP contribution in [0.15, 0.2) is 0 Å². The van der Waals surface area contributed by atoms with Gasteiger partial charge in [0.15, 0.2) is 0 Å². The van der Waals surface area contributed by atoms with Crippen LogP contribution in [0.2, 0.25) is 0 Å². The molecule has 0 saturated heterocycles. The molecule has 0 aromatic heterocycles. The van der Waals surface area contributed by atoms with Crippen LogP contribution in [0.4, 0.5) is 0 Å². The molecule has 0 aliphatic rings. The lowest BCUT2D eigenvalue weighted by atomic mass is 10.3. The monoisotopic (exact) mass is 164 g/mol. The zero-order valence-electron chi connectivity index (χ0n) is 9.01. The second-order valence-corrected chi connectivity index (χ2v) is 1.68. The van der Waals surface area contributed by atoms with E-state index in [2.05, 4.69) is 0 Å². The first-order valence-electron chi connectivity index (χ1n) is 4.39. The van der Waals surface area contributed by atoms with Gasteiger partial charge in [-0.05, 0) is 13.8 Å². The van der Waals surface area contributed by atoms with E-state index in [0.29, 0.717) is 0 Å². The highest BCUT2D eigenvalue weighted by Crippen LogP contribution is 1.92. The van der Waals surface area contributed by atoms with Gasteiger partial charge < -0.3 is 9.84 Å². The second-order valence-electron chi connectivity index (χ2n) is 1.68. The zero-order valence-corrected chi connectivity index (χ0v) is 9.01. The van der Waals surface area contributed by atoms with E-state index in [1.54, 1.807) is 14.0 Å². The Labute approximate surface area is 71.6 Å². The Kier molecular flexibility index (Phi) is 25.7. The highest BCUT2D eigenvalue weighted by atomic mass is 16.5. The van der Waals surface area contributed by atoms with E-state index in [4.69, 9.17) is 9.84 Å². The van der Waals surface area contributed by atoms with Gasteiger partial charge in [0.1, 0.15) is 0 Å². The van der Waals surface area contributed by atoms with E-state index in [9.17, 15) is 0 Å². The van der Waals surface area contributed by atoms with Gasteiger partial charge in [0.05, 0.1) is 12.2 Å². The van der Waals surface area contributed by atoms with Crippen molar-refractivity contribution in [1.29, 1.82) is 0 Å². The van der Waals surface area contributed by atoms with Gasteiger partial charge >= 0.3 is 0 Å². The van der Waals surface area contributed by atoms with Crippen molar-refractivity contribution in [2.75, 3.05) is 7.11 Å². The van der Waals surface area contributed by atoms with Crippen molar-refractivity contribution in [3.63, 3.8) is 0 Å². The van der Waals surface area contributed by atoms with Crippen LogP contribution in [0.5, 0.6) is 0 Å². The maximum atomic E-state index is 8.70. The molecule has 0 radical (unpaired) electrons. The Morgan fingerprint density at radius 1 is 1.00 bits per heavy atom. The summed E-state index contributed by atoms with van der Waals surface area (Å²) in [6.45, 7) is 11.5. The smallest absolute Gasteiger partial charge is 0.0799 e. The summed E-state index contributed by atoms with van der Waals surface area (Å²) in [5.74, 6) is 0. The zero-order chi connectivity index (χ0) is 9.86. The summed E-state index contributed by atoms with van der Waals surface area (Å²) < 4.78 is 4.76. The Bertz CT molecular complexity index is 44.8. The quantitative estimate of drug-likeness (QED) is 0.679. The minimum Gasteiger partial charge on any atom is -0.391 e. The number of methoxy groups -OCH3 is 1. The van der Waals surface area contributed by atoms with Crippen LogP contribution in [-0.4, -0.2) is 24.4 Å². The van der Waals surface area contributed by atoms with Crippen LogP contribution < -0.4 is 0 Å². The average molecular weight is 164 g/mol. The van der Waals surface area contributed by atoms with Crippen molar-refractivity contribution in [1.82, 2.24) is 0 Å². The van der Waals surface area contributed by atoms with Gasteiger partial charge in [0.2, 0.25) is 0 Å². The SMILES string of the molecule is CC.CC.COC(C)C(C)O. The molecule has 0 aromatic carbocycles. The van der Waals surface area contributed by atoms with Crippen LogP contribution in [0, 0.1) is 0 Å². The van der Waals surface area contributed by atoms with Crippen molar-refractivity contribution in [3.8, 4) is 0 Å². The Morgan fingerprint density at radius 2 is 1.27 bits per heavy atom. The summed E-state index contributed by atoms with van der Waals surface area (Å²) in [5.41, 5.74) is 0. The number of hydrogen-bond donors (Lipinski definition) is 1. The normalized spacial score (nSPS) is 13.1. The third-order valence-corrected chi connectivity index (χ3v) is 1.05. The van der Waals surface area contributed by atoms with E-state index in [-0.39, 0.29) is 12.2 Å². The van der Waals surface area contributed by atoms with Gasteiger partial charge in [-0.25, -0.2) is 0 Å². The Balaban J connectivity index is -0.000000138. The lowest BCUT2D eigenvalue weighted by molar-refractivity contribution is 0.00997. The third-order valence-electron chi connectivity index (χ3n) is 1.05. The van der Waals surface area contributed by atoms with Gasteiger partial charge in [-0.2, -0.15) is 0 Å². The summed E-state index contributed by atoms with van der Waals surface area (Å²) >= 11 is 0. The molecule has 1 N–H and O–H groups in total. The molecule has 0 saturated carbocycles. The van der Waals surface area contributed by atoms with Gasteiger partial charge in [-0.1, -0.05) is 27.7 Å². The maximum absolute atomic E-state index is 8.70. The van der Waals surface area contributed by atoms with Crippen LogP contribution >= 0.6 is 0 Å². The molecule has 0 bridgehead atoms. The molecule has 0 spiro atoms. The molecule has 0 heterocycles. The predicted molar refractivity (Wildman–Crippen MR) is 50.8 cm³/mol. The molecule has 2 unspecified atom stereocenters. The molecule has 11 heavy (non-hydrogen) atoms. The highest BCUT2D eigenvalue weighted by molar-refractivity contribution is 4.53. The molecule has 0 aliphatic carbocycles. The molecular formula is C9H24O2. The minimum absolute atomic E-state index is 0.0417. The van der Waals surface area contributed by atoms with E-state index in [0.717, 1.165) is 0 Å². The number of hydrogen-bond acceptors (Lipinski definition) is 2. The second kappa shape index (κ2) is 16.5. The van der Waals surface area contributed by atoms with Crippen molar-refractivity contribution < 1.29 is 9.84 Å². The first-order chi connectivity index (χ1) is 5.18. The number of aliphatic hydroxyl groups is 1. The summed E-state index contributed by atoms with van der Waals surface area (Å²) in [6.07, 6.45) is -0.398. The fourth-order valence-corrected chi connectivity index (χ4v) is 0.197. The van der Waals surface area contributed by atoms with Crippen molar-refractivity contribution in [2.24, 2.45) is 0 Å². The van der Waals surface area contributed by atoms with Gasteiger partial charge in [-0.3, -0.25) is 0 Å². The Hall–Kier alpha value is -0.0800. The van der Waals surface area contributed by atoms with Crippen LogP contribution in [0.25, 0.3) is 0 Å². The van der Waals surface area contributed by atoms with E-state index < -0.39 is 0 Å². The molecule has 0 aliphatic heterocycles. The van der Waals surface area contributed by atoms with E-state index in [1.165, 1.54) is 0 Å². The summed E-state index contributed by atoms with van der Waals surface area (Å²) in [5, 5.41) is 8.70. The van der Waals surface area contributed by atoms with Gasteiger partial charge in [0.25, 0.3) is 0 Å². The average Bonchev–Trinajstić information content (AvgIpc) is 2.10. The molecule has 0 fully saturated rings. The molecule has 2 nitrogen and oxygen atoms in total.